The number of pyridine rings is 1. The molecular weight excluding hydrogens is 309 g/mol. The molecule has 1 aromatic rings. The van der Waals surface area contributed by atoms with Crippen molar-refractivity contribution in [2.45, 2.75) is 18.5 Å². The van der Waals surface area contributed by atoms with Crippen molar-refractivity contribution in [3.05, 3.63) is 24.5 Å². The molecule has 1 atom stereocenters. The first-order valence-electron chi connectivity index (χ1n) is 6.50. The second-order valence-corrected chi connectivity index (χ2v) is 4.70. The summed E-state index contributed by atoms with van der Waals surface area (Å²) in [5, 5.41) is 5.74. The first-order chi connectivity index (χ1) is 10.2. The molecular formula is C13H16F5N3O. The number of aldehydes is 1. The highest BCUT2D eigenvalue weighted by Gasteiger charge is 2.41. The number of hydrogen-bond acceptors (Lipinski definition) is 4. The fourth-order valence-electron chi connectivity index (χ4n) is 1.85. The third-order valence-electron chi connectivity index (χ3n) is 2.99. The van der Waals surface area contributed by atoms with Gasteiger partial charge < -0.3 is 10.6 Å². The fraction of sp³-hybridized carbons (Fsp3) is 0.538. The lowest BCUT2D eigenvalue weighted by atomic mass is 9.94. The second-order valence-electron chi connectivity index (χ2n) is 4.70. The summed E-state index contributed by atoms with van der Waals surface area (Å²) in [6.45, 7) is 0.757. The predicted octanol–water partition coefficient (Wildman–Crippen LogP) is 2.49. The predicted molar refractivity (Wildman–Crippen MR) is 70.8 cm³/mol. The number of rotatable bonds is 3. The van der Waals surface area contributed by atoms with E-state index in [1.54, 1.807) is 24.5 Å². The van der Waals surface area contributed by atoms with E-state index >= 15 is 0 Å². The van der Waals surface area contributed by atoms with Crippen molar-refractivity contribution in [3.8, 4) is 0 Å². The van der Waals surface area contributed by atoms with Crippen molar-refractivity contribution in [1.29, 1.82) is 0 Å². The summed E-state index contributed by atoms with van der Waals surface area (Å²) >= 11 is 0. The summed E-state index contributed by atoms with van der Waals surface area (Å²) < 4.78 is 58.2. The smallest absolute Gasteiger partial charge is 0.384 e. The molecule has 1 aromatic heterocycles. The lowest BCUT2D eigenvalue weighted by Gasteiger charge is -2.32. The van der Waals surface area contributed by atoms with Gasteiger partial charge in [-0.2, -0.15) is 13.2 Å². The lowest BCUT2D eigenvalue weighted by Crippen LogP contribution is -2.48. The van der Waals surface area contributed by atoms with Crippen LogP contribution in [0.15, 0.2) is 24.5 Å². The number of halogens is 5. The number of carbonyl (C=O) groups is 1. The van der Waals surface area contributed by atoms with Crippen LogP contribution in [0.2, 0.25) is 0 Å². The Kier molecular flexibility index (Phi) is 6.66. The number of aromatic nitrogens is 1. The number of carbonyl (C=O) groups excluding carboxylic acids is 1. The van der Waals surface area contributed by atoms with E-state index in [9.17, 15) is 22.0 Å². The number of piperidine rings is 1. The van der Waals surface area contributed by atoms with E-state index in [1.807, 2.05) is 0 Å². The molecule has 1 fully saturated rings. The standard InChI is InChI=1S/C11H15F2N3.C2HF3O/c12-11(13)8-15-4-1-9(11)7-16-10-2-5-14-6-3-10;3-2(4,5)1-6/h2-3,5-6,9,15H,1,4,7-8H2,(H,14,16);1H/t9-;/m0./s1. The molecule has 2 heterocycles. The number of alkyl halides is 5. The molecule has 0 radical (unpaired) electrons. The van der Waals surface area contributed by atoms with Crippen LogP contribution in [-0.2, 0) is 4.79 Å². The molecule has 0 aliphatic carbocycles. The van der Waals surface area contributed by atoms with Gasteiger partial charge in [0.2, 0.25) is 6.29 Å². The zero-order valence-electron chi connectivity index (χ0n) is 11.5. The minimum Gasteiger partial charge on any atom is -0.384 e. The van der Waals surface area contributed by atoms with Crippen LogP contribution in [-0.4, -0.2) is 43.0 Å². The zero-order chi connectivity index (χ0) is 16.6. The highest BCUT2D eigenvalue weighted by atomic mass is 19.4. The van der Waals surface area contributed by atoms with Crippen LogP contribution in [0.3, 0.4) is 0 Å². The molecule has 0 amide bonds. The van der Waals surface area contributed by atoms with E-state index in [-0.39, 0.29) is 6.54 Å². The Balaban J connectivity index is 0.000000346. The fourth-order valence-corrected chi connectivity index (χ4v) is 1.85. The van der Waals surface area contributed by atoms with Gasteiger partial charge in [0, 0.05) is 30.5 Å². The maximum Gasteiger partial charge on any atom is 0.446 e. The Hall–Kier alpha value is -1.77. The molecule has 22 heavy (non-hydrogen) atoms. The third kappa shape index (κ3) is 6.79. The average molecular weight is 325 g/mol. The number of anilines is 1. The van der Waals surface area contributed by atoms with Gasteiger partial charge in [-0.1, -0.05) is 0 Å². The van der Waals surface area contributed by atoms with Crippen molar-refractivity contribution in [3.63, 3.8) is 0 Å². The minimum atomic E-state index is -4.64. The normalized spacial score (nSPS) is 20.5. The van der Waals surface area contributed by atoms with Gasteiger partial charge in [-0.15, -0.1) is 0 Å². The molecule has 0 aromatic carbocycles. The van der Waals surface area contributed by atoms with Gasteiger partial charge in [-0.3, -0.25) is 9.78 Å². The molecule has 1 aliphatic heterocycles. The minimum absolute atomic E-state index is 0.213. The third-order valence-corrected chi connectivity index (χ3v) is 2.99. The monoisotopic (exact) mass is 325 g/mol. The Morgan fingerprint density at radius 1 is 1.36 bits per heavy atom. The molecule has 9 heteroatoms. The lowest BCUT2D eigenvalue weighted by molar-refractivity contribution is -0.156. The number of nitrogens with one attached hydrogen (secondary N) is 2. The maximum absolute atomic E-state index is 13.5. The highest BCUT2D eigenvalue weighted by molar-refractivity contribution is 5.56. The van der Waals surface area contributed by atoms with Crippen LogP contribution < -0.4 is 10.6 Å². The van der Waals surface area contributed by atoms with E-state index in [2.05, 4.69) is 15.6 Å². The summed E-state index contributed by atoms with van der Waals surface area (Å²) in [7, 11) is 0. The highest BCUT2D eigenvalue weighted by Crippen LogP contribution is 2.29. The average Bonchev–Trinajstić information content (AvgIpc) is 2.47. The molecule has 2 N–H and O–H groups in total. The summed E-state index contributed by atoms with van der Waals surface area (Å²) in [6, 6.07) is 3.55. The molecule has 4 nitrogen and oxygen atoms in total. The molecule has 0 unspecified atom stereocenters. The van der Waals surface area contributed by atoms with Gasteiger partial charge >= 0.3 is 6.18 Å². The van der Waals surface area contributed by atoms with E-state index in [0.29, 0.717) is 19.5 Å². The molecule has 0 bridgehead atoms. The Morgan fingerprint density at radius 3 is 2.45 bits per heavy atom. The van der Waals surface area contributed by atoms with Crippen LogP contribution in [0, 0.1) is 5.92 Å². The van der Waals surface area contributed by atoms with E-state index in [0.717, 1.165) is 5.69 Å². The second kappa shape index (κ2) is 8.02. The van der Waals surface area contributed by atoms with Gasteiger partial charge in [0.25, 0.3) is 5.92 Å². The van der Waals surface area contributed by atoms with Crippen LogP contribution in [0.4, 0.5) is 27.6 Å². The summed E-state index contributed by atoms with van der Waals surface area (Å²) in [6.07, 6.45) is -1.91. The van der Waals surface area contributed by atoms with Gasteiger partial charge in [0.05, 0.1) is 6.54 Å². The van der Waals surface area contributed by atoms with Crippen LogP contribution in [0.1, 0.15) is 6.42 Å². The number of nitrogens with zero attached hydrogens (tertiary/aromatic N) is 1. The molecule has 0 saturated carbocycles. The van der Waals surface area contributed by atoms with Crippen molar-refractivity contribution in [2.75, 3.05) is 25.0 Å². The van der Waals surface area contributed by atoms with Gasteiger partial charge in [0.15, 0.2) is 0 Å². The molecule has 124 valence electrons. The zero-order valence-corrected chi connectivity index (χ0v) is 11.5. The Bertz CT molecular complexity index is 453. The Labute approximate surface area is 124 Å². The van der Waals surface area contributed by atoms with E-state index in [4.69, 9.17) is 4.79 Å². The van der Waals surface area contributed by atoms with Gasteiger partial charge in [-0.25, -0.2) is 8.78 Å². The van der Waals surface area contributed by atoms with Crippen LogP contribution in [0.5, 0.6) is 0 Å². The summed E-state index contributed by atoms with van der Waals surface area (Å²) in [5.74, 6) is -3.21. The molecule has 0 spiro atoms. The molecule has 2 rings (SSSR count). The van der Waals surface area contributed by atoms with Crippen LogP contribution >= 0.6 is 0 Å². The van der Waals surface area contributed by atoms with Crippen molar-refractivity contribution in [2.24, 2.45) is 5.92 Å². The first-order valence-corrected chi connectivity index (χ1v) is 6.50. The van der Waals surface area contributed by atoms with Crippen molar-refractivity contribution >= 4 is 12.0 Å². The van der Waals surface area contributed by atoms with Gasteiger partial charge in [0.1, 0.15) is 0 Å². The summed E-state index contributed by atoms with van der Waals surface area (Å²) in [4.78, 5) is 12.6. The van der Waals surface area contributed by atoms with Gasteiger partial charge in [-0.05, 0) is 25.1 Å². The summed E-state index contributed by atoms with van der Waals surface area (Å²) in [5.41, 5.74) is 0.837. The Morgan fingerprint density at radius 2 is 1.95 bits per heavy atom. The first kappa shape index (κ1) is 18.3. The van der Waals surface area contributed by atoms with Crippen molar-refractivity contribution in [1.82, 2.24) is 10.3 Å². The maximum atomic E-state index is 13.5. The quantitative estimate of drug-likeness (QED) is 0.662. The SMILES string of the molecule is FC1(F)CNCC[C@H]1CNc1ccncc1.O=CC(F)(F)F. The van der Waals surface area contributed by atoms with Crippen LogP contribution in [0.25, 0.3) is 0 Å². The number of hydrogen-bond donors (Lipinski definition) is 2. The molecule has 1 saturated heterocycles. The largest absolute Gasteiger partial charge is 0.446 e. The molecule has 1 aliphatic rings. The van der Waals surface area contributed by atoms with E-state index < -0.39 is 24.3 Å². The topological polar surface area (TPSA) is 54.0 Å². The van der Waals surface area contributed by atoms with E-state index in [1.165, 1.54) is 0 Å². The van der Waals surface area contributed by atoms with Crippen molar-refractivity contribution < 1.29 is 26.7 Å².